The average Bonchev–Trinajstić information content (AvgIpc) is 3.10. The predicted octanol–water partition coefficient (Wildman–Crippen LogP) is 3.34. The van der Waals surface area contributed by atoms with Crippen LogP contribution < -0.4 is 5.01 Å². The van der Waals surface area contributed by atoms with Gasteiger partial charge in [0.15, 0.2) is 11.5 Å². The first-order valence-corrected chi connectivity index (χ1v) is 12.2. The van der Waals surface area contributed by atoms with Gasteiger partial charge in [0.05, 0.1) is 14.2 Å². The Morgan fingerprint density at radius 1 is 0.912 bits per heavy atom. The molecule has 0 saturated heterocycles. The first-order valence-electron chi connectivity index (χ1n) is 10.9. The van der Waals surface area contributed by atoms with Crippen LogP contribution in [0.25, 0.3) is 5.70 Å². The average molecular weight is 483 g/mol. The molecule has 1 aliphatic heterocycles. The molecular formula is C26H30N2O5S. The Labute approximate surface area is 201 Å². The van der Waals surface area contributed by atoms with Gasteiger partial charge in [0.1, 0.15) is 12.1 Å². The molecule has 1 N–H and O–H groups in total. The minimum atomic E-state index is -4.41. The van der Waals surface area contributed by atoms with Crippen molar-refractivity contribution in [3.05, 3.63) is 113 Å². The van der Waals surface area contributed by atoms with Gasteiger partial charge in [-0.05, 0) is 30.2 Å². The molecule has 3 unspecified atom stereocenters. The van der Waals surface area contributed by atoms with Gasteiger partial charge >= 0.3 is 0 Å². The van der Waals surface area contributed by atoms with Gasteiger partial charge in [-0.2, -0.15) is 0 Å². The summed E-state index contributed by atoms with van der Waals surface area (Å²) in [7, 11) is 0.730. The summed E-state index contributed by atoms with van der Waals surface area (Å²) >= 11 is 0. The highest BCUT2D eigenvalue weighted by molar-refractivity contribution is 7.80. The Hall–Kier alpha value is -3.01. The number of hydrogen-bond donors (Lipinski definition) is 1. The Kier molecular flexibility index (Phi) is 8.60. The number of rotatable bonds is 6. The van der Waals surface area contributed by atoms with Crippen molar-refractivity contribution in [2.45, 2.75) is 19.1 Å². The number of nitrogens with zero attached hydrogens (tertiary/aromatic N) is 1. The Morgan fingerprint density at radius 2 is 1.38 bits per heavy atom. The van der Waals surface area contributed by atoms with Crippen LogP contribution in [0.4, 0.5) is 0 Å². The van der Waals surface area contributed by atoms with E-state index >= 15 is 0 Å². The van der Waals surface area contributed by atoms with E-state index in [9.17, 15) is 13.0 Å². The highest BCUT2D eigenvalue weighted by Gasteiger charge is 2.43. The summed E-state index contributed by atoms with van der Waals surface area (Å²) in [5, 5.41) is 3.56. The topological polar surface area (TPSA) is 83.3 Å². The van der Waals surface area contributed by atoms with E-state index in [1.54, 1.807) is 0 Å². The maximum absolute atomic E-state index is 9.22. The molecule has 0 fully saturated rings. The van der Waals surface area contributed by atoms with Crippen molar-refractivity contribution in [2.75, 3.05) is 21.2 Å². The van der Waals surface area contributed by atoms with Gasteiger partial charge in [-0.3, -0.25) is 4.18 Å². The molecular weight excluding hydrogens is 452 g/mol. The number of nitrogens with one attached hydrogen (secondary N) is 1. The number of quaternary nitrogens is 1. The Morgan fingerprint density at radius 3 is 1.88 bits per heavy atom. The van der Waals surface area contributed by atoms with Gasteiger partial charge in [0.2, 0.25) is 10.4 Å². The summed E-state index contributed by atoms with van der Waals surface area (Å²) in [6.45, 7) is 2.13. The van der Waals surface area contributed by atoms with E-state index in [1.807, 2.05) is 6.07 Å². The lowest BCUT2D eigenvalue weighted by Crippen LogP contribution is -3.11. The first-order chi connectivity index (χ1) is 16.2. The number of ether oxygens (including phenoxy) is 1. The van der Waals surface area contributed by atoms with Crippen molar-refractivity contribution in [3.8, 4) is 0 Å². The molecule has 180 valence electrons. The Bertz CT molecular complexity index is 1190. The molecule has 4 rings (SSSR count). The fourth-order valence-electron chi connectivity index (χ4n) is 3.93. The maximum atomic E-state index is 9.22. The third kappa shape index (κ3) is 6.31. The minimum Gasteiger partial charge on any atom is -0.726 e. The largest absolute Gasteiger partial charge is 0.726 e. The monoisotopic (exact) mass is 482 g/mol. The quantitative estimate of drug-likeness (QED) is 0.429. The lowest BCUT2D eigenvalue weighted by atomic mass is 10.0. The van der Waals surface area contributed by atoms with E-state index in [0.717, 1.165) is 12.9 Å². The summed E-state index contributed by atoms with van der Waals surface area (Å²) in [6.07, 6.45) is -0.0274. The summed E-state index contributed by atoms with van der Waals surface area (Å²) < 4.78 is 37.7. The molecule has 3 aromatic carbocycles. The molecule has 3 aromatic rings. The number of hydrogen-bond acceptors (Lipinski definition) is 6. The molecule has 0 amide bonds. The molecule has 0 spiro atoms. The van der Waals surface area contributed by atoms with Crippen LogP contribution in [-0.2, 0) is 19.3 Å². The normalized spacial score (nSPS) is 19.3. The van der Waals surface area contributed by atoms with E-state index in [4.69, 9.17) is 4.74 Å². The van der Waals surface area contributed by atoms with Gasteiger partial charge < -0.3 is 9.29 Å². The summed E-state index contributed by atoms with van der Waals surface area (Å²) in [5.74, 6) is 1.02. The zero-order chi connectivity index (χ0) is 24.7. The van der Waals surface area contributed by atoms with E-state index in [0.29, 0.717) is 0 Å². The summed E-state index contributed by atoms with van der Waals surface area (Å²) in [6, 6.07) is 31.7. The maximum Gasteiger partial charge on any atom is 0.217 e. The Balaban J connectivity index is 0.000000481. The standard InChI is InChI=1S/C25H26N2O.CH4O4S/c1-19(20-13-7-4-8-14-20)28-25-23(21-15-9-5-10-16-21)26(2)27(3)24(25)22-17-11-6-12-18-22;1-5-6(2,3)4/h4-19,23H,1-3H3;1H3,(H,2,3,4). The van der Waals surface area contributed by atoms with Crippen molar-refractivity contribution < 1.29 is 26.9 Å². The van der Waals surface area contributed by atoms with Crippen LogP contribution in [0.2, 0.25) is 0 Å². The third-order valence-electron chi connectivity index (χ3n) is 5.73. The molecule has 0 aliphatic carbocycles. The zero-order valence-electron chi connectivity index (χ0n) is 19.7. The second kappa shape index (κ2) is 11.4. The van der Waals surface area contributed by atoms with Gasteiger partial charge in [-0.1, -0.05) is 78.9 Å². The molecule has 7 nitrogen and oxygen atoms in total. The highest BCUT2D eigenvalue weighted by Crippen LogP contribution is 2.37. The number of benzene rings is 3. The van der Waals surface area contributed by atoms with E-state index < -0.39 is 10.4 Å². The van der Waals surface area contributed by atoms with Gasteiger partial charge in [-0.25, -0.2) is 13.4 Å². The minimum absolute atomic E-state index is 0.0274. The van der Waals surface area contributed by atoms with E-state index in [-0.39, 0.29) is 12.1 Å². The lowest BCUT2D eigenvalue weighted by molar-refractivity contribution is -0.928. The molecule has 34 heavy (non-hydrogen) atoms. The second-order valence-corrected chi connectivity index (χ2v) is 9.01. The van der Waals surface area contributed by atoms with E-state index in [1.165, 1.54) is 27.4 Å². The fraction of sp³-hybridized carbons (Fsp3) is 0.231. The fourth-order valence-corrected chi connectivity index (χ4v) is 3.93. The van der Waals surface area contributed by atoms with E-state index in [2.05, 4.69) is 115 Å². The summed E-state index contributed by atoms with van der Waals surface area (Å²) in [5.41, 5.74) is 4.81. The molecule has 0 saturated carbocycles. The molecule has 0 aromatic heterocycles. The van der Waals surface area contributed by atoms with Crippen molar-refractivity contribution >= 4 is 16.1 Å². The molecule has 1 aliphatic rings. The van der Waals surface area contributed by atoms with Crippen molar-refractivity contribution in [2.24, 2.45) is 0 Å². The molecule has 1 heterocycles. The van der Waals surface area contributed by atoms with Crippen LogP contribution in [0.5, 0.6) is 0 Å². The van der Waals surface area contributed by atoms with Crippen molar-refractivity contribution in [3.63, 3.8) is 0 Å². The van der Waals surface area contributed by atoms with Crippen molar-refractivity contribution in [1.82, 2.24) is 5.01 Å². The SMILES string of the molecule is CC(OC1=C(c2ccccc2)[NH+](C)N(C)C1c1ccccc1)c1ccccc1.COS(=O)(=O)[O-]. The van der Waals surface area contributed by atoms with Gasteiger partial charge in [0, 0.05) is 12.6 Å². The second-order valence-electron chi connectivity index (χ2n) is 7.86. The zero-order valence-corrected chi connectivity index (χ0v) is 20.5. The number of likely N-dealkylation sites (N-methyl/N-ethyl adjacent to an activating group) is 1. The first kappa shape index (κ1) is 25.6. The molecule has 0 bridgehead atoms. The highest BCUT2D eigenvalue weighted by atomic mass is 32.3. The lowest BCUT2D eigenvalue weighted by Gasteiger charge is -2.24. The molecule has 3 atom stereocenters. The van der Waals surface area contributed by atoms with Crippen LogP contribution in [0, 0.1) is 0 Å². The summed E-state index contributed by atoms with van der Waals surface area (Å²) in [4.78, 5) is 0. The van der Waals surface area contributed by atoms with Crippen LogP contribution in [0.1, 0.15) is 35.8 Å². The van der Waals surface area contributed by atoms with Crippen LogP contribution in [0.3, 0.4) is 0 Å². The van der Waals surface area contributed by atoms with Gasteiger partial charge in [0.25, 0.3) is 0 Å². The smallest absolute Gasteiger partial charge is 0.217 e. The van der Waals surface area contributed by atoms with Crippen molar-refractivity contribution in [1.29, 1.82) is 0 Å². The van der Waals surface area contributed by atoms with Crippen LogP contribution in [0.15, 0.2) is 96.8 Å². The molecule has 0 radical (unpaired) electrons. The van der Waals surface area contributed by atoms with Crippen LogP contribution in [-0.4, -0.2) is 39.2 Å². The van der Waals surface area contributed by atoms with Crippen LogP contribution >= 0.6 is 0 Å². The van der Waals surface area contributed by atoms with Gasteiger partial charge in [-0.15, -0.1) is 5.01 Å². The third-order valence-corrected chi connectivity index (χ3v) is 6.14. The molecule has 8 heteroatoms. The predicted molar refractivity (Wildman–Crippen MR) is 130 cm³/mol.